The van der Waals surface area contributed by atoms with E-state index in [1.54, 1.807) is 13.1 Å². The van der Waals surface area contributed by atoms with Crippen LogP contribution in [0.1, 0.15) is 38.9 Å². The highest BCUT2D eigenvalue weighted by Crippen LogP contribution is 2.21. The second-order valence-electron chi connectivity index (χ2n) is 4.98. The Morgan fingerprint density at radius 2 is 1.79 bits per heavy atom. The van der Waals surface area contributed by atoms with Crippen LogP contribution in [0.15, 0.2) is 6.07 Å². The van der Waals surface area contributed by atoms with Crippen LogP contribution in [0.5, 0.6) is 0 Å². The molecule has 108 valence electrons. The summed E-state index contributed by atoms with van der Waals surface area (Å²) in [6, 6.07) is 1.77. The Kier molecular flexibility index (Phi) is 5.50. The van der Waals surface area contributed by atoms with Crippen molar-refractivity contribution in [3.05, 3.63) is 11.9 Å². The Morgan fingerprint density at radius 3 is 2.21 bits per heavy atom. The smallest absolute Gasteiger partial charge is 0.135 e. The van der Waals surface area contributed by atoms with Crippen LogP contribution in [0.3, 0.4) is 0 Å². The van der Waals surface area contributed by atoms with Gasteiger partial charge >= 0.3 is 0 Å². The molecule has 1 rings (SSSR count). The molecule has 0 unspecified atom stereocenters. The lowest BCUT2D eigenvalue weighted by molar-refractivity contribution is 0.132. The van der Waals surface area contributed by atoms with Gasteiger partial charge in [0.15, 0.2) is 0 Å². The molecule has 1 aromatic heterocycles. The van der Waals surface area contributed by atoms with Gasteiger partial charge in [0, 0.05) is 19.0 Å². The van der Waals surface area contributed by atoms with Crippen molar-refractivity contribution in [2.45, 2.75) is 38.6 Å². The van der Waals surface area contributed by atoms with Crippen LogP contribution in [0.2, 0.25) is 0 Å². The number of aliphatic hydroxyl groups is 2. The molecule has 0 fully saturated rings. The Bertz CT molecular complexity index is 397. The van der Waals surface area contributed by atoms with E-state index in [4.69, 9.17) is 0 Å². The van der Waals surface area contributed by atoms with Crippen LogP contribution < -0.4 is 10.6 Å². The fourth-order valence-electron chi connectivity index (χ4n) is 1.63. The van der Waals surface area contributed by atoms with Crippen molar-refractivity contribution in [3.8, 4) is 0 Å². The average Bonchev–Trinajstić information content (AvgIpc) is 2.44. The second-order valence-corrected chi connectivity index (χ2v) is 4.98. The molecule has 0 aliphatic rings. The quantitative estimate of drug-likeness (QED) is 0.594. The molecule has 0 bridgehead atoms. The second kappa shape index (κ2) is 6.68. The van der Waals surface area contributed by atoms with Gasteiger partial charge in [0.05, 0.1) is 18.8 Å². The van der Waals surface area contributed by atoms with Gasteiger partial charge in [-0.25, -0.2) is 9.97 Å². The lowest BCUT2D eigenvalue weighted by atomic mass is 9.98. The predicted octanol–water partition coefficient (Wildman–Crippen LogP) is 1.19. The third kappa shape index (κ3) is 3.78. The highest BCUT2D eigenvalue weighted by atomic mass is 16.3. The number of nitrogens with zero attached hydrogens (tertiary/aromatic N) is 2. The molecule has 0 spiro atoms. The summed E-state index contributed by atoms with van der Waals surface area (Å²) in [7, 11) is 1.79. The van der Waals surface area contributed by atoms with Crippen molar-refractivity contribution in [2.75, 3.05) is 30.9 Å². The summed E-state index contributed by atoms with van der Waals surface area (Å²) in [5.74, 6) is 2.23. The molecule has 4 N–H and O–H groups in total. The minimum atomic E-state index is -0.756. The Balaban J connectivity index is 3.08. The third-order valence-corrected chi connectivity index (χ3v) is 3.19. The lowest BCUT2D eigenvalue weighted by Crippen LogP contribution is -2.45. The molecule has 1 heterocycles. The molecule has 19 heavy (non-hydrogen) atoms. The number of anilines is 2. The van der Waals surface area contributed by atoms with E-state index >= 15 is 0 Å². The highest BCUT2D eigenvalue weighted by Gasteiger charge is 2.27. The Hall–Kier alpha value is -1.40. The standard InChI is InChI=1S/C13H24N4O2/c1-5-13(7-18,8-19)17-11-6-10(14-4)15-12(16-11)9(2)3/h6,9,18-19H,5,7-8H2,1-4H3,(H2,14,15,16,17). The molecule has 6 heteroatoms. The maximum absolute atomic E-state index is 9.46. The maximum Gasteiger partial charge on any atom is 0.135 e. The monoisotopic (exact) mass is 268 g/mol. The van der Waals surface area contributed by atoms with Gasteiger partial charge in [-0.15, -0.1) is 0 Å². The van der Waals surface area contributed by atoms with E-state index in [-0.39, 0.29) is 19.1 Å². The molecule has 0 aromatic carbocycles. The molecular weight excluding hydrogens is 244 g/mol. The molecular formula is C13H24N4O2. The van der Waals surface area contributed by atoms with E-state index in [1.807, 2.05) is 20.8 Å². The van der Waals surface area contributed by atoms with E-state index in [2.05, 4.69) is 20.6 Å². The van der Waals surface area contributed by atoms with Gasteiger partial charge in [-0.05, 0) is 6.42 Å². The maximum atomic E-state index is 9.46. The topological polar surface area (TPSA) is 90.3 Å². The SMILES string of the molecule is CCC(CO)(CO)Nc1cc(NC)nc(C(C)C)n1. The van der Waals surface area contributed by atoms with Crippen molar-refractivity contribution in [1.82, 2.24) is 9.97 Å². The fraction of sp³-hybridized carbons (Fsp3) is 0.692. The average molecular weight is 268 g/mol. The first-order chi connectivity index (χ1) is 9.00. The van der Waals surface area contributed by atoms with Gasteiger partial charge in [-0.2, -0.15) is 0 Å². The van der Waals surface area contributed by atoms with Gasteiger partial charge in [-0.3, -0.25) is 0 Å². The van der Waals surface area contributed by atoms with Gasteiger partial charge < -0.3 is 20.8 Å². The lowest BCUT2D eigenvalue weighted by Gasteiger charge is -2.30. The first-order valence-corrected chi connectivity index (χ1v) is 6.57. The molecule has 0 aliphatic carbocycles. The summed E-state index contributed by atoms with van der Waals surface area (Å²) < 4.78 is 0. The van der Waals surface area contributed by atoms with E-state index in [0.29, 0.717) is 18.1 Å². The minimum Gasteiger partial charge on any atom is -0.394 e. The number of aliphatic hydroxyl groups excluding tert-OH is 2. The van der Waals surface area contributed by atoms with Gasteiger partial charge in [0.1, 0.15) is 17.5 Å². The van der Waals surface area contributed by atoms with Crippen LogP contribution in [0, 0.1) is 0 Å². The van der Waals surface area contributed by atoms with Crippen molar-refractivity contribution in [3.63, 3.8) is 0 Å². The summed E-state index contributed by atoms with van der Waals surface area (Å²) in [6.45, 7) is 5.63. The van der Waals surface area contributed by atoms with E-state index in [1.165, 1.54) is 0 Å². The van der Waals surface area contributed by atoms with Crippen LogP contribution in [-0.2, 0) is 0 Å². The molecule has 1 aromatic rings. The Labute approximate surface area is 114 Å². The van der Waals surface area contributed by atoms with Gasteiger partial charge in [0.25, 0.3) is 0 Å². The molecule has 6 nitrogen and oxygen atoms in total. The highest BCUT2D eigenvalue weighted by molar-refractivity contribution is 5.49. The number of nitrogens with one attached hydrogen (secondary N) is 2. The number of aromatic nitrogens is 2. The van der Waals surface area contributed by atoms with E-state index in [0.717, 1.165) is 5.82 Å². The first kappa shape index (κ1) is 15.7. The van der Waals surface area contributed by atoms with Crippen molar-refractivity contribution in [2.24, 2.45) is 0 Å². The molecule has 0 atom stereocenters. The van der Waals surface area contributed by atoms with Crippen molar-refractivity contribution in [1.29, 1.82) is 0 Å². The van der Waals surface area contributed by atoms with Gasteiger partial charge in [0.2, 0.25) is 0 Å². The molecule has 0 amide bonds. The van der Waals surface area contributed by atoms with Crippen molar-refractivity contribution < 1.29 is 10.2 Å². The Morgan fingerprint density at radius 1 is 1.21 bits per heavy atom. The molecule has 0 radical (unpaired) electrons. The normalized spacial score (nSPS) is 11.7. The zero-order valence-electron chi connectivity index (χ0n) is 12.1. The molecule has 0 aliphatic heterocycles. The largest absolute Gasteiger partial charge is 0.394 e. The van der Waals surface area contributed by atoms with E-state index < -0.39 is 5.54 Å². The molecule has 0 saturated carbocycles. The number of hydrogen-bond acceptors (Lipinski definition) is 6. The zero-order valence-corrected chi connectivity index (χ0v) is 12.1. The summed E-state index contributed by atoms with van der Waals surface area (Å²) in [5, 5.41) is 25.0. The fourth-order valence-corrected chi connectivity index (χ4v) is 1.63. The van der Waals surface area contributed by atoms with Crippen molar-refractivity contribution >= 4 is 11.6 Å². The van der Waals surface area contributed by atoms with E-state index in [9.17, 15) is 10.2 Å². The van der Waals surface area contributed by atoms with Crippen LogP contribution in [-0.4, -0.2) is 46.0 Å². The first-order valence-electron chi connectivity index (χ1n) is 6.57. The van der Waals surface area contributed by atoms with Crippen LogP contribution in [0.25, 0.3) is 0 Å². The number of hydrogen-bond donors (Lipinski definition) is 4. The summed E-state index contributed by atoms with van der Waals surface area (Å²) in [5.41, 5.74) is -0.756. The summed E-state index contributed by atoms with van der Waals surface area (Å²) in [6.07, 6.45) is 0.593. The summed E-state index contributed by atoms with van der Waals surface area (Å²) >= 11 is 0. The predicted molar refractivity (Wildman–Crippen MR) is 76.5 cm³/mol. The third-order valence-electron chi connectivity index (χ3n) is 3.19. The molecule has 0 saturated heterocycles. The zero-order chi connectivity index (χ0) is 14.5. The summed E-state index contributed by atoms with van der Waals surface area (Å²) in [4.78, 5) is 8.80. The minimum absolute atomic E-state index is 0.157. The van der Waals surface area contributed by atoms with Gasteiger partial charge in [-0.1, -0.05) is 20.8 Å². The van der Waals surface area contributed by atoms with Crippen LogP contribution in [0.4, 0.5) is 11.6 Å². The number of rotatable bonds is 7. The van der Waals surface area contributed by atoms with Crippen LogP contribution >= 0.6 is 0 Å².